The number of benzene rings is 2. The van der Waals surface area contributed by atoms with Crippen LogP contribution in [-0.2, 0) is 27.9 Å². The first-order valence-electron chi connectivity index (χ1n) is 11.5. The van der Waals surface area contributed by atoms with E-state index < -0.39 is 0 Å². The number of esters is 1. The first kappa shape index (κ1) is 20.1. The second kappa shape index (κ2) is 7.22. The van der Waals surface area contributed by atoms with Gasteiger partial charge in [0.15, 0.2) is 11.5 Å². The molecule has 0 amide bonds. The minimum Gasteiger partial charge on any atom is -0.504 e. The highest BCUT2D eigenvalue weighted by atomic mass is 16.6. The molecule has 6 nitrogen and oxygen atoms in total. The first-order chi connectivity index (χ1) is 15.5. The highest BCUT2D eigenvalue weighted by molar-refractivity contribution is 5.89. The molecule has 1 N–H and O–H groups in total. The van der Waals surface area contributed by atoms with Gasteiger partial charge in [-0.3, -0.25) is 0 Å². The highest BCUT2D eigenvalue weighted by Crippen LogP contribution is 2.63. The minimum atomic E-state index is -0.336. The minimum absolute atomic E-state index is 0.0339. The predicted molar refractivity (Wildman–Crippen MR) is 118 cm³/mol. The van der Waals surface area contributed by atoms with Crippen LogP contribution < -0.4 is 4.74 Å². The molecule has 5 atom stereocenters. The van der Waals surface area contributed by atoms with Gasteiger partial charge >= 0.3 is 5.97 Å². The van der Waals surface area contributed by atoms with Crippen LogP contribution in [-0.4, -0.2) is 54.9 Å². The maximum atomic E-state index is 11.7. The zero-order valence-corrected chi connectivity index (χ0v) is 18.5. The van der Waals surface area contributed by atoms with Crippen molar-refractivity contribution in [2.75, 3.05) is 20.7 Å². The Labute approximate surface area is 188 Å². The van der Waals surface area contributed by atoms with Crippen LogP contribution in [0.4, 0.5) is 0 Å². The van der Waals surface area contributed by atoms with Crippen molar-refractivity contribution < 1.29 is 24.1 Å². The summed E-state index contributed by atoms with van der Waals surface area (Å²) in [4.78, 5) is 14.2. The second-order valence-corrected chi connectivity index (χ2v) is 9.75. The summed E-state index contributed by atoms with van der Waals surface area (Å²) < 4.78 is 17.8. The number of likely N-dealkylation sites (tertiary alicyclic amines) is 1. The monoisotopic (exact) mass is 435 g/mol. The van der Waals surface area contributed by atoms with Gasteiger partial charge in [-0.15, -0.1) is 0 Å². The lowest BCUT2D eigenvalue weighted by molar-refractivity contribution is -0.127. The molecule has 0 aromatic heterocycles. The van der Waals surface area contributed by atoms with E-state index >= 15 is 0 Å². The summed E-state index contributed by atoms with van der Waals surface area (Å²) in [6.45, 7) is 1.50. The molecule has 2 heterocycles. The average molecular weight is 436 g/mol. The Morgan fingerprint density at radius 2 is 2.03 bits per heavy atom. The number of hydrogen-bond acceptors (Lipinski definition) is 6. The molecule has 1 saturated carbocycles. The molecule has 1 saturated heterocycles. The van der Waals surface area contributed by atoms with E-state index in [4.69, 9.17) is 14.2 Å². The Morgan fingerprint density at radius 1 is 1.22 bits per heavy atom. The number of likely N-dealkylation sites (N-methyl/N-ethyl adjacent to an activating group) is 1. The summed E-state index contributed by atoms with van der Waals surface area (Å²) in [5.74, 6) is 1.14. The van der Waals surface area contributed by atoms with Crippen LogP contribution in [0.15, 0.2) is 36.4 Å². The summed E-state index contributed by atoms with van der Waals surface area (Å²) in [5.41, 5.74) is 4.06. The van der Waals surface area contributed by atoms with Gasteiger partial charge in [0.1, 0.15) is 6.10 Å². The molecular formula is C26H29NO5. The maximum absolute atomic E-state index is 11.7. The number of carbonyl (C=O) groups excluding carboxylic acids is 1. The van der Waals surface area contributed by atoms with Gasteiger partial charge in [0.05, 0.1) is 25.4 Å². The van der Waals surface area contributed by atoms with Crippen LogP contribution in [0.25, 0.3) is 0 Å². The summed E-state index contributed by atoms with van der Waals surface area (Å²) >= 11 is 0. The lowest BCUT2D eigenvalue weighted by Crippen LogP contribution is -2.66. The molecule has 2 bridgehead atoms. The van der Waals surface area contributed by atoms with E-state index in [0.29, 0.717) is 29.9 Å². The summed E-state index contributed by atoms with van der Waals surface area (Å²) in [6.07, 6.45) is 4.01. The molecule has 0 unspecified atom stereocenters. The molecule has 2 aromatic carbocycles. The molecule has 6 rings (SSSR count). The van der Waals surface area contributed by atoms with E-state index in [9.17, 15) is 9.90 Å². The zero-order valence-electron chi connectivity index (χ0n) is 18.5. The van der Waals surface area contributed by atoms with E-state index in [-0.39, 0.29) is 29.3 Å². The fourth-order valence-corrected chi connectivity index (χ4v) is 6.92. The number of hydrogen-bond donors (Lipinski definition) is 1. The third kappa shape index (κ3) is 2.69. The van der Waals surface area contributed by atoms with Crippen LogP contribution in [0.2, 0.25) is 0 Å². The Balaban J connectivity index is 1.29. The fraction of sp³-hybridized carbons (Fsp3) is 0.500. The zero-order chi connectivity index (χ0) is 22.0. The molecule has 2 aliphatic heterocycles. The number of phenols is 1. The number of methoxy groups -OCH3 is 1. The summed E-state index contributed by atoms with van der Waals surface area (Å²) in [7, 11) is 3.63. The number of phenolic OH excluding ortho intramolecular Hbond substituents is 1. The number of nitrogens with zero attached hydrogens (tertiary/aromatic N) is 1. The van der Waals surface area contributed by atoms with E-state index in [2.05, 4.69) is 18.0 Å². The standard InChI is InChI=1S/C26H29NO5/c1-27-12-11-26-18-8-10-21(31-14-15-3-5-16(6-4-15)25(29)30-2)24(26)32-23-20(28)9-7-17(22(23)26)13-19(18)27/h3-7,9,18-19,21,24,28H,8,10-14H2,1-2H3/t18-,19+,21-,24-,26-/m0/s1. The molecule has 2 aromatic rings. The van der Waals surface area contributed by atoms with E-state index in [1.807, 2.05) is 12.1 Å². The van der Waals surface area contributed by atoms with Gasteiger partial charge in [0.25, 0.3) is 0 Å². The molecule has 1 spiro atoms. The Bertz CT molecular complexity index is 1070. The van der Waals surface area contributed by atoms with Crippen molar-refractivity contribution in [3.8, 4) is 11.5 Å². The number of ether oxygens (including phenoxy) is 3. The van der Waals surface area contributed by atoms with Gasteiger partial charge in [-0.2, -0.15) is 0 Å². The lowest BCUT2D eigenvalue weighted by Gasteiger charge is -2.58. The van der Waals surface area contributed by atoms with Crippen molar-refractivity contribution >= 4 is 5.97 Å². The molecule has 6 heteroatoms. The molecule has 168 valence electrons. The van der Waals surface area contributed by atoms with Crippen molar-refractivity contribution in [3.63, 3.8) is 0 Å². The van der Waals surface area contributed by atoms with Crippen LogP contribution in [0, 0.1) is 5.92 Å². The van der Waals surface area contributed by atoms with Crippen molar-refractivity contribution in [1.29, 1.82) is 0 Å². The topological polar surface area (TPSA) is 68.2 Å². The smallest absolute Gasteiger partial charge is 0.337 e. The van der Waals surface area contributed by atoms with Crippen molar-refractivity contribution in [2.45, 2.75) is 56.0 Å². The highest BCUT2D eigenvalue weighted by Gasteiger charge is 2.65. The second-order valence-electron chi connectivity index (χ2n) is 9.75. The first-order valence-corrected chi connectivity index (χ1v) is 11.5. The van der Waals surface area contributed by atoms with Crippen LogP contribution >= 0.6 is 0 Å². The number of rotatable bonds is 4. The molecular weight excluding hydrogens is 406 g/mol. The number of carbonyl (C=O) groups is 1. The Kier molecular flexibility index (Phi) is 4.53. The van der Waals surface area contributed by atoms with Crippen molar-refractivity contribution in [3.05, 3.63) is 58.7 Å². The van der Waals surface area contributed by atoms with Crippen LogP contribution in [0.5, 0.6) is 11.5 Å². The molecule has 4 aliphatic rings. The van der Waals surface area contributed by atoms with Gasteiger partial charge in [-0.05, 0) is 74.5 Å². The van der Waals surface area contributed by atoms with Crippen molar-refractivity contribution in [1.82, 2.24) is 4.90 Å². The Hall–Kier alpha value is -2.57. The molecule has 2 aliphatic carbocycles. The van der Waals surface area contributed by atoms with E-state index in [1.165, 1.54) is 18.2 Å². The van der Waals surface area contributed by atoms with Crippen molar-refractivity contribution in [2.24, 2.45) is 5.92 Å². The Morgan fingerprint density at radius 3 is 2.81 bits per heavy atom. The van der Waals surface area contributed by atoms with Gasteiger partial charge in [0, 0.05) is 17.0 Å². The maximum Gasteiger partial charge on any atom is 0.337 e. The van der Waals surface area contributed by atoms with E-state index in [0.717, 1.165) is 37.8 Å². The molecule has 0 radical (unpaired) electrons. The van der Waals surface area contributed by atoms with Crippen LogP contribution in [0.3, 0.4) is 0 Å². The third-order valence-corrected chi connectivity index (χ3v) is 8.38. The number of aromatic hydroxyl groups is 1. The largest absolute Gasteiger partial charge is 0.504 e. The number of piperidine rings is 1. The lowest BCUT2D eigenvalue weighted by atomic mass is 9.51. The normalized spacial score (nSPS) is 32.2. The summed E-state index contributed by atoms with van der Waals surface area (Å²) in [6, 6.07) is 11.8. The molecule has 2 fully saturated rings. The van der Waals surface area contributed by atoms with Gasteiger partial charge in [0.2, 0.25) is 0 Å². The van der Waals surface area contributed by atoms with Crippen LogP contribution in [0.1, 0.15) is 46.3 Å². The van der Waals surface area contributed by atoms with Gasteiger partial charge < -0.3 is 24.2 Å². The van der Waals surface area contributed by atoms with E-state index in [1.54, 1.807) is 18.2 Å². The quantitative estimate of drug-likeness (QED) is 0.743. The predicted octanol–water partition coefficient (Wildman–Crippen LogP) is 3.43. The average Bonchev–Trinajstić information content (AvgIpc) is 3.17. The molecule has 32 heavy (non-hydrogen) atoms. The summed E-state index contributed by atoms with van der Waals surface area (Å²) in [5, 5.41) is 10.6. The van der Waals surface area contributed by atoms with Gasteiger partial charge in [-0.25, -0.2) is 4.79 Å². The van der Waals surface area contributed by atoms with Gasteiger partial charge in [-0.1, -0.05) is 18.2 Å². The third-order valence-electron chi connectivity index (χ3n) is 8.38. The fourth-order valence-electron chi connectivity index (χ4n) is 6.92. The SMILES string of the molecule is COC(=O)c1ccc(CO[C@H]2CC[C@H]3[C@H]4Cc5ccc(O)c6c5[C@@]3(CCN4C)[C@H]2O6)cc1.